The second-order valence-corrected chi connectivity index (χ2v) is 7.44. The van der Waals surface area contributed by atoms with Crippen LogP contribution in [0.4, 0.5) is 61.5 Å². The lowest BCUT2D eigenvalue weighted by Crippen LogP contribution is -2.57. The normalized spacial score (nSPS) is 15.9. The standard InChI is InChI=1S/C11H10F14O3S/c12-6(8(14,15)16,9(17,18)19)3-5(1-2-29(26,27)28)4-7(13,10(20,21)22)11(23,24)25/h5H,1-4H2,(H,26,27,28)/p-1. The van der Waals surface area contributed by atoms with Gasteiger partial charge in [-0.15, -0.1) is 0 Å². The highest BCUT2D eigenvalue weighted by Crippen LogP contribution is 2.54. The van der Waals surface area contributed by atoms with Gasteiger partial charge in [0.2, 0.25) is 0 Å². The van der Waals surface area contributed by atoms with Gasteiger partial charge in [0, 0.05) is 18.6 Å². The molecule has 3 nitrogen and oxygen atoms in total. The fourth-order valence-electron chi connectivity index (χ4n) is 2.17. The second-order valence-electron chi connectivity index (χ2n) is 5.92. The molecule has 0 saturated heterocycles. The molecule has 176 valence electrons. The maximum absolute atomic E-state index is 13.7. The van der Waals surface area contributed by atoms with Crippen molar-refractivity contribution in [1.29, 1.82) is 0 Å². The van der Waals surface area contributed by atoms with Gasteiger partial charge in [-0.2, -0.15) is 52.7 Å². The van der Waals surface area contributed by atoms with E-state index in [2.05, 4.69) is 0 Å². The first-order valence-corrected chi connectivity index (χ1v) is 8.44. The van der Waals surface area contributed by atoms with E-state index in [9.17, 15) is 74.4 Å². The SMILES string of the molecule is O=S(=O)([O-])CCC(CC(F)(C(F)(F)F)C(F)(F)F)CC(F)(C(F)(F)F)C(F)(F)F. The zero-order valence-corrected chi connectivity index (χ0v) is 14.1. The van der Waals surface area contributed by atoms with Gasteiger partial charge in [-0.1, -0.05) is 0 Å². The molecule has 0 atom stereocenters. The topological polar surface area (TPSA) is 57.2 Å². The van der Waals surface area contributed by atoms with Crippen molar-refractivity contribution in [1.82, 2.24) is 0 Å². The summed E-state index contributed by atoms with van der Waals surface area (Å²) in [5, 5.41) is 0. The first-order chi connectivity index (χ1) is 12.3. The molecule has 18 heteroatoms. The Balaban J connectivity index is 6.31. The van der Waals surface area contributed by atoms with Crippen LogP contribution in [0.2, 0.25) is 0 Å². The average Bonchev–Trinajstić information content (AvgIpc) is 2.38. The molecule has 0 heterocycles. The van der Waals surface area contributed by atoms with E-state index in [1.165, 1.54) is 0 Å². The van der Waals surface area contributed by atoms with Crippen molar-refractivity contribution < 1.29 is 74.4 Å². The quantitative estimate of drug-likeness (QED) is 0.376. The third-order valence-electron chi connectivity index (χ3n) is 3.71. The molecule has 0 aliphatic carbocycles. The molecule has 0 fully saturated rings. The fraction of sp³-hybridized carbons (Fsp3) is 1.00. The van der Waals surface area contributed by atoms with Crippen LogP contribution in [0.15, 0.2) is 0 Å². The van der Waals surface area contributed by atoms with E-state index in [0.717, 1.165) is 0 Å². The predicted octanol–water partition coefficient (Wildman–Crippen LogP) is 4.98. The molecule has 29 heavy (non-hydrogen) atoms. The monoisotopic (exact) mass is 487 g/mol. The van der Waals surface area contributed by atoms with Gasteiger partial charge in [0.25, 0.3) is 11.3 Å². The third-order valence-corrected chi connectivity index (χ3v) is 4.45. The lowest BCUT2D eigenvalue weighted by molar-refractivity contribution is -0.356. The van der Waals surface area contributed by atoms with Gasteiger partial charge >= 0.3 is 24.7 Å². The number of hydrogen-bond acceptors (Lipinski definition) is 3. The Morgan fingerprint density at radius 3 is 1.00 bits per heavy atom. The highest BCUT2D eigenvalue weighted by molar-refractivity contribution is 7.85. The molecule has 0 spiro atoms. The van der Waals surface area contributed by atoms with Crippen LogP contribution >= 0.6 is 0 Å². The van der Waals surface area contributed by atoms with Crippen LogP contribution in [-0.2, 0) is 10.1 Å². The third kappa shape index (κ3) is 6.45. The summed E-state index contributed by atoms with van der Waals surface area (Å²) in [6.45, 7) is 0. The van der Waals surface area contributed by atoms with Crippen molar-refractivity contribution in [3.05, 3.63) is 0 Å². The zero-order chi connectivity index (χ0) is 23.9. The molecule has 0 rings (SSSR count). The number of alkyl halides is 14. The molecule has 0 N–H and O–H groups in total. The van der Waals surface area contributed by atoms with Gasteiger partial charge in [-0.05, 0) is 12.3 Å². The Morgan fingerprint density at radius 1 is 0.586 bits per heavy atom. The van der Waals surface area contributed by atoms with Crippen molar-refractivity contribution in [3.8, 4) is 0 Å². The summed E-state index contributed by atoms with van der Waals surface area (Å²) in [5.41, 5.74) is -12.8. The van der Waals surface area contributed by atoms with E-state index < -0.39 is 77.1 Å². The van der Waals surface area contributed by atoms with Crippen LogP contribution in [0.5, 0.6) is 0 Å². The fourth-order valence-corrected chi connectivity index (χ4v) is 2.79. The maximum Gasteiger partial charge on any atom is 0.431 e. The smallest absolute Gasteiger partial charge is 0.431 e. The largest absolute Gasteiger partial charge is 0.748 e. The van der Waals surface area contributed by atoms with Gasteiger partial charge in [-0.25, -0.2) is 17.2 Å². The van der Waals surface area contributed by atoms with E-state index in [1.54, 1.807) is 0 Å². The van der Waals surface area contributed by atoms with E-state index in [4.69, 9.17) is 0 Å². The van der Waals surface area contributed by atoms with Crippen molar-refractivity contribution >= 4 is 10.1 Å². The van der Waals surface area contributed by atoms with Crippen molar-refractivity contribution in [3.63, 3.8) is 0 Å². The molecule has 0 aromatic heterocycles. The molecule has 0 aromatic rings. The Kier molecular flexibility index (Phi) is 7.59. The first kappa shape index (κ1) is 27.9. The Labute approximate surface area is 152 Å². The maximum atomic E-state index is 13.7. The lowest BCUT2D eigenvalue weighted by atomic mass is 9.81. The number of halogens is 14. The molecule has 0 saturated carbocycles. The van der Waals surface area contributed by atoms with Crippen LogP contribution in [0.1, 0.15) is 19.3 Å². The molecule has 0 aromatic carbocycles. The van der Waals surface area contributed by atoms with E-state index >= 15 is 0 Å². The highest BCUT2D eigenvalue weighted by atomic mass is 32.2. The summed E-state index contributed by atoms with van der Waals surface area (Å²) in [5.74, 6) is -5.53. The summed E-state index contributed by atoms with van der Waals surface area (Å²) in [7, 11) is -5.59. The minimum Gasteiger partial charge on any atom is -0.748 e. The molecular weight excluding hydrogens is 478 g/mol. The Bertz CT molecular complexity index is 588. The van der Waals surface area contributed by atoms with Crippen LogP contribution in [0.25, 0.3) is 0 Å². The van der Waals surface area contributed by atoms with Crippen LogP contribution in [-0.4, -0.2) is 54.8 Å². The van der Waals surface area contributed by atoms with Crippen molar-refractivity contribution in [2.75, 3.05) is 5.75 Å². The van der Waals surface area contributed by atoms with E-state index in [1.807, 2.05) is 0 Å². The van der Waals surface area contributed by atoms with Crippen LogP contribution in [0, 0.1) is 5.92 Å². The molecule has 0 aliphatic rings. The van der Waals surface area contributed by atoms with Gasteiger partial charge in [0.15, 0.2) is 0 Å². The molecule has 0 unspecified atom stereocenters. The molecule has 0 amide bonds. The lowest BCUT2D eigenvalue weighted by Gasteiger charge is -2.37. The summed E-state index contributed by atoms with van der Waals surface area (Å²) < 4.78 is 209. The highest BCUT2D eigenvalue weighted by Gasteiger charge is 2.75. The molecule has 0 bridgehead atoms. The molecular formula is C11H9F14O3S-. The van der Waals surface area contributed by atoms with Crippen molar-refractivity contribution in [2.45, 2.75) is 55.3 Å². The average molecular weight is 487 g/mol. The van der Waals surface area contributed by atoms with Crippen LogP contribution in [0.3, 0.4) is 0 Å². The van der Waals surface area contributed by atoms with Crippen molar-refractivity contribution in [2.24, 2.45) is 5.92 Å². The van der Waals surface area contributed by atoms with Gasteiger partial charge in [0.1, 0.15) is 0 Å². The van der Waals surface area contributed by atoms with E-state index in [0.29, 0.717) is 0 Å². The number of hydrogen-bond donors (Lipinski definition) is 0. The zero-order valence-electron chi connectivity index (χ0n) is 13.3. The minimum atomic E-state index is -6.92. The summed E-state index contributed by atoms with van der Waals surface area (Å²) >= 11 is 0. The predicted molar refractivity (Wildman–Crippen MR) is 63.8 cm³/mol. The molecule has 0 aliphatic heterocycles. The Morgan fingerprint density at radius 2 is 0.828 bits per heavy atom. The minimum absolute atomic E-state index is 2.04. The summed E-state index contributed by atoms with van der Waals surface area (Å²) in [6.07, 6.45) is -36.2. The molecule has 0 radical (unpaired) electrons. The van der Waals surface area contributed by atoms with Gasteiger partial charge in [-0.3, -0.25) is 0 Å². The van der Waals surface area contributed by atoms with E-state index in [-0.39, 0.29) is 0 Å². The van der Waals surface area contributed by atoms with Crippen LogP contribution < -0.4 is 0 Å². The first-order valence-electron chi connectivity index (χ1n) is 6.87. The second kappa shape index (κ2) is 7.88. The van der Waals surface area contributed by atoms with Gasteiger partial charge in [0.05, 0.1) is 10.1 Å². The number of rotatable bonds is 7. The summed E-state index contributed by atoms with van der Waals surface area (Å²) in [4.78, 5) is 0. The van der Waals surface area contributed by atoms with Gasteiger partial charge < -0.3 is 4.55 Å². The Hall–Kier alpha value is -1.07. The summed E-state index contributed by atoms with van der Waals surface area (Å²) in [6, 6.07) is 0.